The Morgan fingerprint density at radius 1 is 1.21 bits per heavy atom. The van der Waals surface area contributed by atoms with Crippen LogP contribution in [-0.4, -0.2) is 33.2 Å². The van der Waals surface area contributed by atoms with E-state index in [1.165, 1.54) is 24.3 Å². The molecule has 1 aromatic carbocycles. The molecule has 2 atom stereocenters. The SMILES string of the molecule is CC(NC(=O)/C=C/C(=O)O)C(O)c1ccc(O)cc1. The Balaban J connectivity index is 2.62. The van der Waals surface area contributed by atoms with Crippen molar-refractivity contribution in [3.63, 3.8) is 0 Å². The predicted octanol–water partition coefficient (Wildman–Crippen LogP) is 0.571. The molecule has 0 aliphatic carbocycles. The number of aliphatic hydroxyl groups excluding tert-OH is 1. The molecular formula is C13H15NO5. The van der Waals surface area contributed by atoms with Crippen molar-refractivity contribution in [2.75, 3.05) is 0 Å². The minimum absolute atomic E-state index is 0.0806. The molecule has 0 aromatic heterocycles. The zero-order valence-electron chi connectivity index (χ0n) is 10.3. The number of aliphatic carboxylic acids is 1. The number of carboxylic acids is 1. The molecule has 0 aliphatic heterocycles. The first-order valence-electron chi connectivity index (χ1n) is 5.58. The molecule has 6 heteroatoms. The molecule has 0 aliphatic rings. The molecule has 1 amide bonds. The maximum absolute atomic E-state index is 11.3. The summed E-state index contributed by atoms with van der Waals surface area (Å²) in [5.74, 6) is -1.74. The van der Waals surface area contributed by atoms with Gasteiger partial charge in [0.1, 0.15) is 5.75 Å². The topological polar surface area (TPSA) is 107 Å². The van der Waals surface area contributed by atoms with Gasteiger partial charge in [0.25, 0.3) is 0 Å². The number of phenolic OH excluding ortho intramolecular Hbond substituents is 1. The molecule has 19 heavy (non-hydrogen) atoms. The molecular weight excluding hydrogens is 250 g/mol. The molecule has 0 spiro atoms. The minimum atomic E-state index is -1.22. The van der Waals surface area contributed by atoms with E-state index in [9.17, 15) is 14.7 Å². The van der Waals surface area contributed by atoms with Crippen molar-refractivity contribution in [1.82, 2.24) is 5.32 Å². The van der Waals surface area contributed by atoms with E-state index in [2.05, 4.69) is 5.32 Å². The fraction of sp³-hybridized carbons (Fsp3) is 0.231. The zero-order valence-corrected chi connectivity index (χ0v) is 10.3. The van der Waals surface area contributed by atoms with Gasteiger partial charge in [0, 0.05) is 12.2 Å². The second kappa shape index (κ2) is 6.55. The molecule has 1 rings (SSSR count). The Hall–Kier alpha value is -2.34. The number of aromatic hydroxyl groups is 1. The van der Waals surface area contributed by atoms with Crippen LogP contribution in [0.15, 0.2) is 36.4 Å². The second-order valence-corrected chi connectivity index (χ2v) is 4.01. The van der Waals surface area contributed by atoms with E-state index >= 15 is 0 Å². The standard InChI is InChI=1S/C13H15NO5/c1-8(14-11(16)6-7-12(17)18)13(19)9-2-4-10(15)5-3-9/h2-8,13,15,19H,1H3,(H,14,16)(H,17,18)/b7-6+. The van der Waals surface area contributed by atoms with Crippen LogP contribution in [0.1, 0.15) is 18.6 Å². The fourth-order valence-corrected chi connectivity index (χ4v) is 1.46. The van der Waals surface area contributed by atoms with E-state index in [-0.39, 0.29) is 5.75 Å². The molecule has 6 nitrogen and oxygen atoms in total. The van der Waals surface area contributed by atoms with E-state index in [1.54, 1.807) is 6.92 Å². The van der Waals surface area contributed by atoms with Crippen molar-refractivity contribution in [2.45, 2.75) is 19.1 Å². The molecule has 4 N–H and O–H groups in total. The quantitative estimate of drug-likeness (QED) is 0.582. The molecule has 1 aromatic rings. The number of carbonyl (C=O) groups is 2. The lowest BCUT2D eigenvalue weighted by atomic mass is 10.0. The van der Waals surface area contributed by atoms with Gasteiger partial charge in [-0.15, -0.1) is 0 Å². The number of rotatable bonds is 5. The first-order chi connectivity index (χ1) is 8.90. The van der Waals surface area contributed by atoms with Crippen molar-refractivity contribution in [3.8, 4) is 5.75 Å². The molecule has 0 radical (unpaired) electrons. The van der Waals surface area contributed by atoms with Crippen LogP contribution in [0.2, 0.25) is 0 Å². The number of carbonyl (C=O) groups excluding carboxylic acids is 1. The second-order valence-electron chi connectivity index (χ2n) is 4.01. The number of aliphatic hydroxyl groups is 1. The normalized spacial score (nSPS) is 14.0. The first kappa shape index (κ1) is 14.7. The summed E-state index contributed by atoms with van der Waals surface area (Å²) in [6, 6.07) is 5.33. The van der Waals surface area contributed by atoms with Crippen molar-refractivity contribution in [2.24, 2.45) is 0 Å². The van der Waals surface area contributed by atoms with Crippen molar-refractivity contribution in [3.05, 3.63) is 42.0 Å². The summed E-state index contributed by atoms with van der Waals surface area (Å²) in [6.07, 6.45) is 0.639. The zero-order chi connectivity index (χ0) is 14.4. The largest absolute Gasteiger partial charge is 0.508 e. The number of hydrogen-bond donors (Lipinski definition) is 4. The summed E-state index contributed by atoms with van der Waals surface area (Å²) in [5, 5.41) is 29.9. The summed E-state index contributed by atoms with van der Waals surface area (Å²) in [6.45, 7) is 1.59. The average Bonchev–Trinajstić information content (AvgIpc) is 2.36. The number of hydrogen-bond acceptors (Lipinski definition) is 4. The molecule has 0 saturated carbocycles. The van der Waals surface area contributed by atoms with Gasteiger partial charge in [0.15, 0.2) is 0 Å². The highest BCUT2D eigenvalue weighted by Gasteiger charge is 2.17. The highest BCUT2D eigenvalue weighted by molar-refractivity contribution is 5.94. The Kier molecular flexibility index (Phi) is 5.08. The lowest BCUT2D eigenvalue weighted by molar-refractivity contribution is -0.131. The van der Waals surface area contributed by atoms with Gasteiger partial charge in [-0.2, -0.15) is 0 Å². The predicted molar refractivity (Wildman–Crippen MR) is 67.4 cm³/mol. The lowest BCUT2D eigenvalue weighted by Gasteiger charge is -2.19. The third-order valence-corrected chi connectivity index (χ3v) is 2.46. The van der Waals surface area contributed by atoms with Gasteiger partial charge in [-0.25, -0.2) is 4.79 Å². The van der Waals surface area contributed by atoms with Gasteiger partial charge in [0.05, 0.1) is 12.1 Å². The first-order valence-corrected chi connectivity index (χ1v) is 5.58. The molecule has 2 unspecified atom stereocenters. The van der Waals surface area contributed by atoms with Crippen LogP contribution >= 0.6 is 0 Å². The smallest absolute Gasteiger partial charge is 0.328 e. The Bertz CT molecular complexity index is 480. The Morgan fingerprint density at radius 2 is 1.79 bits per heavy atom. The highest BCUT2D eigenvalue weighted by Crippen LogP contribution is 2.19. The third-order valence-electron chi connectivity index (χ3n) is 2.46. The van der Waals surface area contributed by atoms with Crippen LogP contribution < -0.4 is 5.32 Å². The summed E-state index contributed by atoms with van der Waals surface area (Å²) in [7, 11) is 0. The molecule has 102 valence electrons. The number of nitrogens with one attached hydrogen (secondary N) is 1. The summed E-state index contributed by atoms with van der Waals surface area (Å²) in [4.78, 5) is 21.6. The number of carboxylic acid groups (broad SMARTS) is 1. The van der Waals surface area contributed by atoms with Crippen LogP contribution in [0, 0.1) is 0 Å². The average molecular weight is 265 g/mol. The van der Waals surface area contributed by atoms with Crippen LogP contribution in [0.5, 0.6) is 5.75 Å². The van der Waals surface area contributed by atoms with E-state index < -0.39 is 24.0 Å². The summed E-state index contributed by atoms with van der Waals surface area (Å²) in [5.41, 5.74) is 0.535. The molecule has 0 bridgehead atoms. The molecule has 0 fully saturated rings. The van der Waals surface area contributed by atoms with Crippen LogP contribution in [0.25, 0.3) is 0 Å². The number of phenols is 1. The van der Waals surface area contributed by atoms with Gasteiger partial charge in [0.2, 0.25) is 5.91 Å². The van der Waals surface area contributed by atoms with Crippen LogP contribution in [0.3, 0.4) is 0 Å². The Labute approximate surface area is 110 Å². The van der Waals surface area contributed by atoms with Gasteiger partial charge in [-0.3, -0.25) is 4.79 Å². The maximum Gasteiger partial charge on any atom is 0.328 e. The van der Waals surface area contributed by atoms with Crippen molar-refractivity contribution in [1.29, 1.82) is 0 Å². The van der Waals surface area contributed by atoms with Crippen molar-refractivity contribution < 1.29 is 24.9 Å². The van der Waals surface area contributed by atoms with E-state index in [0.717, 1.165) is 12.2 Å². The van der Waals surface area contributed by atoms with E-state index in [4.69, 9.17) is 10.2 Å². The maximum atomic E-state index is 11.3. The third kappa shape index (κ3) is 4.81. The minimum Gasteiger partial charge on any atom is -0.508 e. The number of amides is 1. The van der Waals surface area contributed by atoms with E-state index in [0.29, 0.717) is 5.56 Å². The molecule has 0 saturated heterocycles. The summed E-state index contributed by atoms with van der Waals surface area (Å²) < 4.78 is 0. The van der Waals surface area contributed by atoms with Crippen LogP contribution in [0.4, 0.5) is 0 Å². The number of benzene rings is 1. The monoisotopic (exact) mass is 265 g/mol. The van der Waals surface area contributed by atoms with Gasteiger partial charge in [-0.05, 0) is 24.6 Å². The summed E-state index contributed by atoms with van der Waals surface area (Å²) >= 11 is 0. The lowest BCUT2D eigenvalue weighted by Crippen LogP contribution is -2.36. The van der Waals surface area contributed by atoms with Gasteiger partial charge < -0.3 is 20.6 Å². The van der Waals surface area contributed by atoms with Crippen LogP contribution in [-0.2, 0) is 9.59 Å². The Morgan fingerprint density at radius 3 is 2.32 bits per heavy atom. The van der Waals surface area contributed by atoms with Gasteiger partial charge >= 0.3 is 5.97 Å². The fourth-order valence-electron chi connectivity index (χ4n) is 1.46. The highest BCUT2D eigenvalue weighted by atomic mass is 16.4. The molecule has 0 heterocycles. The van der Waals surface area contributed by atoms with E-state index in [1.807, 2.05) is 0 Å². The van der Waals surface area contributed by atoms with Gasteiger partial charge in [-0.1, -0.05) is 12.1 Å². The van der Waals surface area contributed by atoms with Crippen molar-refractivity contribution >= 4 is 11.9 Å².